The standard InChI is InChI=1S/C11H14F3N3O3S/c12-11(13,14)7-2-3-9(15)8(6-7)10(18)17-4-1-5-21(16,19)20/h2-3,6H,1,4-5,15H2,(H,17,18)(H2,16,19,20). The summed E-state index contributed by atoms with van der Waals surface area (Å²) >= 11 is 0. The lowest BCUT2D eigenvalue weighted by molar-refractivity contribution is -0.137. The first-order valence-corrected chi connectivity index (χ1v) is 7.47. The van der Waals surface area contributed by atoms with E-state index in [-0.39, 0.29) is 30.0 Å². The van der Waals surface area contributed by atoms with Gasteiger partial charge in [-0.25, -0.2) is 13.6 Å². The Kier molecular flexibility index (Phi) is 5.18. The second-order valence-corrected chi connectivity index (χ2v) is 6.01. The summed E-state index contributed by atoms with van der Waals surface area (Å²) in [6.07, 6.45) is -4.54. The van der Waals surface area contributed by atoms with Crippen LogP contribution < -0.4 is 16.2 Å². The molecule has 1 aromatic carbocycles. The van der Waals surface area contributed by atoms with Crippen LogP contribution >= 0.6 is 0 Å². The molecule has 0 aromatic heterocycles. The molecule has 0 spiro atoms. The molecule has 0 aliphatic carbocycles. The zero-order valence-electron chi connectivity index (χ0n) is 10.8. The number of hydrogen-bond acceptors (Lipinski definition) is 4. The van der Waals surface area contributed by atoms with Crippen molar-refractivity contribution < 1.29 is 26.4 Å². The first-order chi connectivity index (χ1) is 9.50. The fraction of sp³-hybridized carbons (Fsp3) is 0.364. The third kappa shape index (κ3) is 5.60. The quantitative estimate of drug-likeness (QED) is 0.546. The number of primary sulfonamides is 1. The van der Waals surface area contributed by atoms with Gasteiger partial charge in [0.15, 0.2) is 0 Å². The predicted molar refractivity (Wildman–Crippen MR) is 70.8 cm³/mol. The predicted octanol–water partition coefficient (Wildman–Crippen LogP) is 0.696. The Morgan fingerprint density at radius 3 is 2.43 bits per heavy atom. The molecular weight excluding hydrogens is 311 g/mol. The van der Waals surface area contributed by atoms with Gasteiger partial charge in [-0.2, -0.15) is 13.2 Å². The third-order valence-electron chi connectivity index (χ3n) is 2.52. The van der Waals surface area contributed by atoms with Gasteiger partial charge in [0.25, 0.3) is 5.91 Å². The van der Waals surface area contributed by atoms with E-state index in [0.29, 0.717) is 6.07 Å². The van der Waals surface area contributed by atoms with Crippen LogP contribution in [0.25, 0.3) is 0 Å². The van der Waals surface area contributed by atoms with Gasteiger partial charge in [-0.05, 0) is 24.6 Å². The van der Waals surface area contributed by atoms with E-state index in [1.54, 1.807) is 0 Å². The lowest BCUT2D eigenvalue weighted by Gasteiger charge is -2.11. The van der Waals surface area contributed by atoms with Crippen LogP contribution in [0.2, 0.25) is 0 Å². The topological polar surface area (TPSA) is 115 Å². The summed E-state index contributed by atoms with van der Waals surface area (Å²) < 4.78 is 59.0. The lowest BCUT2D eigenvalue weighted by Crippen LogP contribution is -2.28. The van der Waals surface area contributed by atoms with E-state index in [4.69, 9.17) is 10.9 Å². The van der Waals surface area contributed by atoms with Crippen molar-refractivity contribution >= 4 is 21.6 Å². The van der Waals surface area contributed by atoms with E-state index >= 15 is 0 Å². The van der Waals surface area contributed by atoms with Crippen LogP contribution in [0.1, 0.15) is 22.3 Å². The summed E-state index contributed by atoms with van der Waals surface area (Å²) in [4.78, 5) is 11.7. The van der Waals surface area contributed by atoms with Gasteiger partial charge in [0.1, 0.15) is 0 Å². The lowest BCUT2D eigenvalue weighted by atomic mass is 10.1. The summed E-state index contributed by atoms with van der Waals surface area (Å²) in [5.74, 6) is -1.15. The van der Waals surface area contributed by atoms with Crippen molar-refractivity contribution in [3.63, 3.8) is 0 Å². The summed E-state index contributed by atoms with van der Waals surface area (Å²) in [5, 5.41) is 7.05. The van der Waals surface area contributed by atoms with Crippen molar-refractivity contribution in [3.8, 4) is 0 Å². The van der Waals surface area contributed by atoms with Crippen LogP contribution in [0.15, 0.2) is 18.2 Å². The molecule has 0 heterocycles. The first-order valence-electron chi connectivity index (χ1n) is 5.76. The molecule has 1 aromatic rings. The van der Waals surface area contributed by atoms with Crippen molar-refractivity contribution in [1.29, 1.82) is 0 Å². The minimum absolute atomic E-state index is 0.0451. The first kappa shape index (κ1) is 17.2. The van der Waals surface area contributed by atoms with Crippen LogP contribution in [0, 0.1) is 0 Å². The molecule has 0 unspecified atom stereocenters. The zero-order chi connectivity index (χ0) is 16.3. The summed E-state index contributed by atoms with van der Waals surface area (Å²) in [6, 6.07) is 2.40. The number of rotatable bonds is 5. The monoisotopic (exact) mass is 325 g/mol. The molecule has 1 amide bonds. The van der Waals surface area contributed by atoms with Crippen LogP contribution in [-0.4, -0.2) is 26.6 Å². The molecule has 10 heteroatoms. The molecule has 21 heavy (non-hydrogen) atoms. The molecule has 0 bridgehead atoms. The molecular formula is C11H14F3N3O3S. The highest BCUT2D eigenvalue weighted by atomic mass is 32.2. The van der Waals surface area contributed by atoms with Crippen LogP contribution in [-0.2, 0) is 16.2 Å². The Balaban J connectivity index is 2.74. The number of sulfonamides is 1. The van der Waals surface area contributed by atoms with Crippen molar-refractivity contribution in [2.75, 3.05) is 18.0 Å². The largest absolute Gasteiger partial charge is 0.416 e. The van der Waals surface area contributed by atoms with Gasteiger partial charge in [-0.1, -0.05) is 0 Å². The number of amides is 1. The number of nitrogens with two attached hydrogens (primary N) is 2. The highest BCUT2D eigenvalue weighted by molar-refractivity contribution is 7.89. The third-order valence-corrected chi connectivity index (χ3v) is 3.37. The van der Waals surface area contributed by atoms with Gasteiger partial charge in [0, 0.05) is 12.2 Å². The van der Waals surface area contributed by atoms with Crippen molar-refractivity contribution in [1.82, 2.24) is 5.32 Å². The van der Waals surface area contributed by atoms with Crippen LogP contribution in [0.3, 0.4) is 0 Å². The Bertz CT molecular complexity index is 629. The average molecular weight is 325 g/mol. The summed E-state index contributed by atoms with van der Waals surface area (Å²) in [5.41, 5.74) is 4.05. The van der Waals surface area contributed by atoms with Crippen LogP contribution in [0.4, 0.5) is 18.9 Å². The number of halogens is 3. The Labute approximate surface area is 119 Å². The Morgan fingerprint density at radius 1 is 1.29 bits per heavy atom. The molecule has 0 aliphatic rings. The fourth-order valence-electron chi connectivity index (χ4n) is 1.50. The Hall–Kier alpha value is -1.81. The number of anilines is 1. The molecule has 0 saturated heterocycles. The number of nitrogen functional groups attached to an aromatic ring is 1. The molecule has 1 rings (SSSR count). The molecule has 0 saturated carbocycles. The minimum atomic E-state index is -4.59. The zero-order valence-corrected chi connectivity index (χ0v) is 11.6. The number of benzene rings is 1. The molecule has 0 aliphatic heterocycles. The molecule has 0 fully saturated rings. The molecule has 0 atom stereocenters. The van der Waals surface area contributed by atoms with Crippen molar-refractivity contribution in [2.24, 2.45) is 5.14 Å². The maximum atomic E-state index is 12.5. The maximum absolute atomic E-state index is 12.5. The highest BCUT2D eigenvalue weighted by Gasteiger charge is 2.31. The number of carbonyl (C=O) groups is 1. The van der Waals surface area contributed by atoms with Gasteiger partial charge < -0.3 is 11.1 Å². The molecule has 0 radical (unpaired) electrons. The van der Waals surface area contributed by atoms with Crippen molar-refractivity contribution in [2.45, 2.75) is 12.6 Å². The molecule has 6 nitrogen and oxygen atoms in total. The minimum Gasteiger partial charge on any atom is -0.398 e. The van der Waals surface area contributed by atoms with E-state index in [9.17, 15) is 26.4 Å². The number of alkyl halides is 3. The summed E-state index contributed by atoms with van der Waals surface area (Å²) in [7, 11) is -3.65. The van der Waals surface area contributed by atoms with Crippen LogP contribution in [0.5, 0.6) is 0 Å². The average Bonchev–Trinajstić information content (AvgIpc) is 2.32. The van der Waals surface area contributed by atoms with Gasteiger partial charge in [-0.3, -0.25) is 4.79 Å². The number of carbonyl (C=O) groups excluding carboxylic acids is 1. The van der Waals surface area contributed by atoms with Gasteiger partial charge in [0.2, 0.25) is 10.0 Å². The second kappa shape index (κ2) is 6.31. The van der Waals surface area contributed by atoms with Gasteiger partial charge in [-0.15, -0.1) is 0 Å². The van der Waals surface area contributed by atoms with Gasteiger partial charge >= 0.3 is 6.18 Å². The number of nitrogens with one attached hydrogen (secondary N) is 1. The van der Waals surface area contributed by atoms with E-state index in [2.05, 4.69) is 5.32 Å². The van der Waals surface area contributed by atoms with E-state index in [0.717, 1.165) is 12.1 Å². The fourth-order valence-corrected chi connectivity index (χ4v) is 2.05. The SMILES string of the molecule is Nc1ccc(C(F)(F)F)cc1C(=O)NCCCS(N)(=O)=O. The Morgan fingerprint density at radius 2 is 1.90 bits per heavy atom. The van der Waals surface area contributed by atoms with E-state index in [1.807, 2.05) is 0 Å². The highest BCUT2D eigenvalue weighted by Crippen LogP contribution is 2.31. The van der Waals surface area contributed by atoms with Crippen molar-refractivity contribution in [3.05, 3.63) is 29.3 Å². The van der Waals surface area contributed by atoms with E-state index in [1.165, 1.54) is 0 Å². The second-order valence-electron chi connectivity index (χ2n) is 4.28. The van der Waals surface area contributed by atoms with Gasteiger partial charge in [0.05, 0.1) is 16.9 Å². The maximum Gasteiger partial charge on any atom is 0.416 e. The summed E-state index contributed by atoms with van der Waals surface area (Å²) in [6.45, 7) is -0.0506. The number of hydrogen-bond donors (Lipinski definition) is 3. The molecule has 118 valence electrons. The smallest absolute Gasteiger partial charge is 0.398 e. The molecule has 5 N–H and O–H groups in total. The van der Waals surface area contributed by atoms with E-state index < -0.39 is 27.7 Å². The normalized spacial score (nSPS) is 12.2.